The van der Waals surface area contributed by atoms with E-state index < -0.39 is 0 Å². The molecule has 1 heterocycles. The van der Waals surface area contributed by atoms with Crippen molar-refractivity contribution in [2.24, 2.45) is 16.2 Å². The number of hydrogen-bond acceptors (Lipinski definition) is 0. The van der Waals surface area contributed by atoms with Gasteiger partial charge in [0.15, 0.2) is 6.71 Å². The number of hydrogen-bond donors (Lipinski definition) is 0. The second-order valence-corrected chi connectivity index (χ2v) is 9.06. The van der Waals surface area contributed by atoms with Crippen molar-refractivity contribution in [3.63, 3.8) is 0 Å². The van der Waals surface area contributed by atoms with Crippen molar-refractivity contribution in [2.75, 3.05) is 0 Å². The van der Waals surface area contributed by atoms with Crippen molar-refractivity contribution in [2.45, 2.75) is 85.3 Å². The van der Waals surface area contributed by atoms with E-state index in [9.17, 15) is 0 Å². The molecule has 0 radical (unpaired) electrons. The Morgan fingerprint density at radius 3 is 1.95 bits per heavy atom. The molecule has 106 valence electrons. The monoisotopic (exact) mass is 258 g/mol. The van der Waals surface area contributed by atoms with Gasteiger partial charge in [0.25, 0.3) is 0 Å². The lowest BCUT2D eigenvalue weighted by Crippen LogP contribution is -2.24. The van der Waals surface area contributed by atoms with E-state index >= 15 is 0 Å². The first kappa shape index (κ1) is 13.8. The van der Waals surface area contributed by atoms with Crippen LogP contribution in [0.2, 0.25) is 12.6 Å². The fourth-order valence-corrected chi connectivity index (χ4v) is 5.03. The third kappa shape index (κ3) is 2.32. The highest BCUT2D eigenvalue weighted by atomic mass is 14.4. The molecule has 3 aliphatic rings. The molecule has 0 amide bonds. The fraction of sp³-hybridized carbons (Fsp3) is 0.889. The highest BCUT2D eigenvalue weighted by Gasteiger charge is 2.49. The Bertz CT molecular complexity index is 366. The molecule has 3 rings (SSSR count). The first-order valence-corrected chi connectivity index (χ1v) is 8.53. The maximum Gasteiger partial charge on any atom is 0.171 e. The van der Waals surface area contributed by atoms with Gasteiger partial charge in [0.05, 0.1) is 0 Å². The zero-order valence-electron chi connectivity index (χ0n) is 13.5. The molecule has 0 nitrogen and oxygen atoms in total. The summed E-state index contributed by atoms with van der Waals surface area (Å²) in [6.07, 6.45) is 15.8. The third-order valence-electron chi connectivity index (χ3n) is 7.28. The summed E-state index contributed by atoms with van der Waals surface area (Å²) in [5.74, 6) is 0. The van der Waals surface area contributed by atoms with Gasteiger partial charge in [0.1, 0.15) is 0 Å². The summed E-state index contributed by atoms with van der Waals surface area (Å²) in [6, 6.07) is 0. The first-order chi connectivity index (χ1) is 8.84. The summed E-state index contributed by atoms with van der Waals surface area (Å²) in [4.78, 5) is 0. The molecule has 0 N–H and O–H groups in total. The van der Waals surface area contributed by atoms with E-state index in [2.05, 4.69) is 33.8 Å². The van der Waals surface area contributed by atoms with E-state index in [1.165, 1.54) is 57.6 Å². The van der Waals surface area contributed by atoms with Gasteiger partial charge in [0.2, 0.25) is 0 Å². The molecule has 0 unspecified atom stereocenters. The van der Waals surface area contributed by atoms with E-state index in [4.69, 9.17) is 0 Å². The maximum absolute atomic E-state index is 2.68. The van der Waals surface area contributed by atoms with Crippen molar-refractivity contribution in [1.82, 2.24) is 0 Å². The van der Waals surface area contributed by atoms with Crippen LogP contribution in [0.4, 0.5) is 0 Å². The second-order valence-electron chi connectivity index (χ2n) is 9.06. The molecule has 1 spiro atoms. The molecule has 1 saturated carbocycles. The molecule has 1 heteroatoms. The topological polar surface area (TPSA) is 0 Å². The van der Waals surface area contributed by atoms with Crippen LogP contribution in [0.15, 0.2) is 11.5 Å². The minimum Gasteiger partial charge on any atom is -0.105 e. The van der Waals surface area contributed by atoms with Crippen LogP contribution in [-0.2, 0) is 0 Å². The van der Waals surface area contributed by atoms with Crippen molar-refractivity contribution in [3.05, 3.63) is 11.5 Å². The summed E-state index contributed by atoms with van der Waals surface area (Å²) >= 11 is 0. The molecule has 19 heavy (non-hydrogen) atoms. The lowest BCUT2D eigenvalue weighted by molar-refractivity contribution is 0.177. The van der Waals surface area contributed by atoms with E-state index in [1.807, 2.05) is 5.47 Å². The molecule has 2 aliphatic carbocycles. The van der Waals surface area contributed by atoms with Crippen molar-refractivity contribution >= 4 is 6.71 Å². The summed E-state index contributed by atoms with van der Waals surface area (Å²) in [5, 5.41) is 0. The summed E-state index contributed by atoms with van der Waals surface area (Å²) in [5.41, 5.74) is 3.60. The standard InChI is InChI=1S/C18H31B/c1-16(2)13-19(14-17(16,3)4)15-7-11-18(12-8-15)9-5-6-10-18/h7H,5-6,8-14H2,1-4H3. The van der Waals surface area contributed by atoms with Gasteiger partial charge in [-0.3, -0.25) is 0 Å². The fourth-order valence-electron chi connectivity index (χ4n) is 5.03. The van der Waals surface area contributed by atoms with E-state index in [0.29, 0.717) is 10.8 Å². The maximum atomic E-state index is 2.68. The molecule has 0 atom stereocenters. The predicted octanol–water partition coefficient (Wildman–Crippen LogP) is 5.76. The quantitative estimate of drug-likeness (QED) is 0.525. The average Bonchev–Trinajstić information content (AvgIpc) is 2.84. The summed E-state index contributed by atoms with van der Waals surface area (Å²) < 4.78 is 0. The SMILES string of the molecule is CC1(C)CB(C2=CCC3(CCCC3)CC2)CC1(C)C. The van der Waals surface area contributed by atoms with Gasteiger partial charge in [-0.15, -0.1) is 5.47 Å². The van der Waals surface area contributed by atoms with Gasteiger partial charge >= 0.3 is 0 Å². The van der Waals surface area contributed by atoms with Gasteiger partial charge in [0, 0.05) is 0 Å². The Morgan fingerprint density at radius 2 is 1.47 bits per heavy atom. The summed E-state index contributed by atoms with van der Waals surface area (Å²) in [6.45, 7) is 10.8. The van der Waals surface area contributed by atoms with Gasteiger partial charge in [-0.2, -0.15) is 0 Å². The Labute approximate surface area is 120 Å². The predicted molar refractivity (Wildman–Crippen MR) is 85.8 cm³/mol. The van der Waals surface area contributed by atoms with Crippen molar-refractivity contribution in [3.8, 4) is 0 Å². The highest BCUT2D eigenvalue weighted by molar-refractivity contribution is 6.68. The highest BCUT2D eigenvalue weighted by Crippen LogP contribution is 2.56. The van der Waals surface area contributed by atoms with Gasteiger partial charge in [-0.1, -0.05) is 59.3 Å². The van der Waals surface area contributed by atoms with Crippen LogP contribution >= 0.6 is 0 Å². The zero-order valence-corrected chi connectivity index (χ0v) is 13.5. The zero-order chi connectivity index (χ0) is 13.7. The Morgan fingerprint density at radius 1 is 0.895 bits per heavy atom. The Balaban J connectivity index is 1.70. The van der Waals surface area contributed by atoms with Gasteiger partial charge in [-0.05, 0) is 48.3 Å². The molecule has 2 fully saturated rings. The van der Waals surface area contributed by atoms with Crippen molar-refractivity contribution in [1.29, 1.82) is 0 Å². The van der Waals surface area contributed by atoms with Crippen molar-refractivity contribution < 1.29 is 0 Å². The molecule has 0 aromatic heterocycles. The minimum atomic E-state index is 0.515. The smallest absolute Gasteiger partial charge is 0.105 e. The molecule has 1 saturated heterocycles. The largest absolute Gasteiger partial charge is 0.171 e. The molecule has 0 aromatic carbocycles. The van der Waals surface area contributed by atoms with E-state index in [1.54, 1.807) is 0 Å². The van der Waals surface area contributed by atoms with Crippen LogP contribution in [0.3, 0.4) is 0 Å². The lowest BCUT2D eigenvalue weighted by Gasteiger charge is -2.35. The Hall–Kier alpha value is -0.195. The molecular weight excluding hydrogens is 227 g/mol. The Kier molecular flexibility index (Phi) is 3.19. The average molecular weight is 258 g/mol. The number of rotatable bonds is 1. The molecule has 0 bridgehead atoms. The van der Waals surface area contributed by atoms with E-state index in [-0.39, 0.29) is 0 Å². The normalized spacial score (nSPS) is 31.8. The van der Waals surface area contributed by atoms with E-state index in [0.717, 1.165) is 12.1 Å². The summed E-state index contributed by atoms with van der Waals surface area (Å²) in [7, 11) is 0. The van der Waals surface area contributed by atoms with Crippen LogP contribution in [0, 0.1) is 16.2 Å². The van der Waals surface area contributed by atoms with Crippen LogP contribution in [0.5, 0.6) is 0 Å². The second kappa shape index (κ2) is 4.40. The lowest BCUT2D eigenvalue weighted by atomic mass is 9.39. The molecule has 1 aliphatic heterocycles. The number of allylic oxidation sites excluding steroid dienone is 2. The van der Waals surface area contributed by atoms with Crippen LogP contribution in [0.1, 0.15) is 72.6 Å². The molecule has 0 aromatic rings. The van der Waals surface area contributed by atoms with Crippen LogP contribution in [-0.4, -0.2) is 6.71 Å². The van der Waals surface area contributed by atoms with Gasteiger partial charge in [-0.25, -0.2) is 0 Å². The third-order valence-corrected chi connectivity index (χ3v) is 7.28. The van der Waals surface area contributed by atoms with Crippen LogP contribution < -0.4 is 0 Å². The molecular formula is C18H31B. The first-order valence-electron chi connectivity index (χ1n) is 8.53. The van der Waals surface area contributed by atoms with Gasteiger partial charge < -0.3 is 0 Å². The van der Waals surface area contributed by atoms with Crippen LogP contribution in [0.25, 0.3) is 0 Å². The minimum absolute atomic E-state index is 0.515.